The summed E-state index contributed by atoms with van der Waals surface area (Å²) in [7, 11) is 0. The van der Waals surface area contributed by atoms with E-state index < -0.39 is 5.60 Å². The van der Waals surface area contributed by atoms with Crippen LogP contribution in [0, 0.1) is 0 Å². The molecule has 0 radical (unpaired) electrons. The number of hydroxylamine groups is 2. The first-order valence-electron chi connectivity index (χ1n) is 6.80. The van der Waals surface area contributed by atoms with E-state index in [1.54, 1.807) is 0 Å². The Kier molecular flexibility index (Phi) is 3.95. The van der Waals surface area contributed by atoms with Crippen LogP contribution in [0.25, 0.3) is 0 Å². The van der Waals surface area contributed by atoms with Crippen LogP contribution >= 0.6 is 0 Å². The van der Waals surface area contributed by atoms with E-state index in [0.29, 0.717) is 6.61 Å². The maximum Gasteiger partial charge on any atom is 0.435 e. The first-order valence-corrected chi connectivity index (χ1v) is 6.80. The van der Waals surface area contributed by atoms with E-state index in [2.05, 4.69) is 6.08 Å². The summed E-state index contributed by atoms with van der Waals surface area (Å²) in [6.45, 7) is 6.19. The lowest BCUT2D eigenvalue weighted by Gasteiger charge is -2.26. The molecule has 4 heteroatoms. The monoisotopic (exact) mass is 253 g/mol. The fourth-order valence-electron chi connectivity index (χ4n) is 2.40. The average Bonchev–Trinajstić information content (AvgIpc) is 2.86. The fourth-order valence-corrected chi connectivity index (χ4v) is 2.40. The highest BCUT2D eigenvalue weighted by Crippen LogP contribution is 2.28. The first kappa shape index (κ1) is 13.4. The molecule has 0 unspecified atom stereocenters. The Balaban J connectivity index is 1.98. The molecule has 2 fully saturated rings. The number of hydrogen-bond acceptors (Lipinski definition) is 3. The average molecular weight is 253 g/mol. The molecule has 0 aromatic rings. The zero-order chi connectivity index (χ0) is 13.2. The van der Waals surface area contributed by atoms with Gasteiger partial charge in [-0.25, -0.2) is 4.79 Å². The molecule has 1 heterocycles. The molecule has 1 saturated heterocycles. The summed E-state index contributed by atoms with van der Waals surface area (Å²) in [4.78, 5) is 17.4. The number of hydrogen-bond donors (Lipinski definition) is 0. The molecular weight excluding hydrogens is 230 g/mol. The predicted octanol–water partition coefficient (Wildman–Crippen LogP) is 3.43. The summed E-state index contributed by atoms with van der Waals surface area (Å²) < 4.78 is 5.35. The molecule has 4 nitrogen and oxygen atoms in total. The van der Waals surface area contributed by atoms with Crippen molar-refractivity contribution < 1.29 is 14.4 Å². The molecule has 18 heavy (non-hydrogen) atoms. The molecule has 1 amide bonds. The van der Waals surface area contributed by atoms with Crippen LogP contribution < -0.4 is 0 Å². The molecule has 0 N–H and O–H groups in total. The van der Waals surface area contributed by atoms with Crippen molar-refractivity contribution in [2.24, 2.45) is 0 Å². The Morgan fingerprint density at radius 2 is 2.06 bits per heavy atom. The van der Waals surface area contributed by atoms with Crippen LogP contribution in [0.5, 0.6) is 0 Å². The minimum atomic E-state index is -0.478. The maximum atomic E-state index is 12.0. The maximum absolute atomic E-state index is 12.0. The Morgan fingerprint density at radius 3 is 2.67 bits per heavy atom. The largest absolute Gasteiger partial charge is 0.442 e. The lowest BCUT2D eigenvalue weighted by Crippen LogP contribution is -2.38. The normalized spacial score (nSPS) is 24.5. The third kappa shape index (κ3) is 3.48. The van der Waals surface area contributed by atoms with Gasteiger partial charge in [0, 0.05) is 0 Å². The van der Waals surface area contributed by atoms with Gasteiger partial charge in [-0.05, 0) is 52.9 Å². The highest BCUT2D eigenvalue weighted by molar-refractivity contribution is 5.67. The van der Waals surface area contributed by atoms with Crippen LogP contribution in [-0.2, 0) is 9.57 Å². The van der Waals surface area contributed by atoms with E-state index in [0.717, 1.165) is 6.42 Å². The third-order valence-electron chi connectivity index (χ3n) is 3.19. The van der Waals surface area contributed by atoms with Crippen LogP contribution in [0.3, 0.4) is 0 Å². The van der Waals surface area contributed by atoms with Gasteiger partial charge in [0.2, 0.25) is 0 Å². The van der Waals surface area contributed by atoms with Gasteiger partial charge in [0.25, 0.3) is 0 Å². The van der Waals surface area contributed by atoms with Crippen molar-refractivity contribution in [3.63, 3.8) is 0 Å². The lowest BCUT2D eigenvalue weighted by molar-refractivity contribution is -0.117. The Morgan fingerprint density at radius 1 is 1.39 bits per heavy atom. The quantitative estimate of drug-likeness (QED) is 0.672. The number of amides is 1. The second-order valence-corrected chi connectivity index (χ2v) is 6.03. The van der Waals surface area contributed by atoms with E-state index >= 15 is 0 Å². The molecule has 0 aromatic heterocycles. The summed E-state index contributed by atoms with van der Waals surface area (Å²) in [6.07, 6.45) is 7.56. The van der Waals surface area contributed by atoms with Crippen molar-refractivity contribution in [3.05, 3.63) is 11.6 Å². The molecule has 0 aromatic carbocycles. The van der Waals surface area contributed by atoms with Gasteiger partial charge in [-0.1, -0.05) is 11.6 Å². The topological polar surface area (TPSA) is 38.8 Å². The first-order chi connectivity index (χ1) is 8.46. The van der Waals surface area contributed by atoms with Gasteiger partial charge in [0.15, 0.2) is 0 Å². The Labute approximate surface area is 109 Å². The van der Waals surface area contributed by atoms with E-state index in [1.807, 2.05) is 20.8 Å². The number of allylic oxidation sites excluding steroid dienone is 1. The number of carbonyl (C=O) groups is 1. The molecule has 2 aliphatic rings. The van der Waals surface area contributed by atoms with Gasteiger partial charge < -0.3 is 4.74 Å². The second kappa shape index (κ2) is 5.31. The molecule has 0 spiro atoms. The minimum Gasteiger partial charge on any atom is -0.442 e. The number of ether oxygens (including phenoxy) is 1. The van der Waals surface area contributed by atoms with Crippen molar-refractivity contribution in [2.45, 2.75) is 64.5 Å². The molecule has 0 bridgehead atoms. The smallest absolute Gasteiger partial charge is 0.435 e. The minimum absolute atomic E-state index is 0.0490. The van der Waals surface area contributed by atoms with Crippen molar-refractivity contribution in [1.29, 1.82) is 0 Å². The van der Waals surface area contributed by atoms with Crippen LogP contribution in [0.4, 0.5) is 4.79 Å². The standard InChI is InChI=1S/C14H23NO3/c1-14(2,3)18-13(16)15-12(8-9-17-15)10-11-6-4-5-7-11/h10,12H,4-9H2,1-3H3/t12-/m0/s1. The molecule has 1 aliphatic carbocycles. The van der Waals surface area contributed by atoms with E-state index in [9.17, 15) is 4.79 Å². The van der Waals surface area contributed by atoms with Crippen LogP contribution in [-0.4, -0.2) is 29.4 Å². The number of rotatable bonds is 1. The summed E-state index contributed by atoms with van der Waals surface area (Å²) >= 11 is 0. The summed E-state index contributed by atoms with van der Waals surface area (Å²) in [5, 5.41) is 1.40. The second-order valence-electron chi connectivity index (χ2n) is 6.03. The molecule has 2 rings (SSSR count). The molecule has 1 atom stereocenters. The summed E-state index contributed by atoms with van der Waals surface area (Å²) in [6, 6.07) is 0.0490. The fraction of sp³-hybridized carbons (Fsp3) is 0.786. The van der Waals surface area contributed by atoms with Crippen molar-refractivity contribution in [2.75, 3.05) is 6.61 Å². The van der Waals surface area contributed by atoms with Crippen LogP contribution in [0.15, 0.2) is 11.6 Å². The van der Waals surface area contributed by atoms with Gasteiger partial charge in [-0.2, -0.15) is 5.06 Å². The van der Waals surface area contributed by atoms with Crippen molar-refractivity contribution in [1.82, 2.24) is 5.06 Å². The van der Waals surface area contributed by atoms with Crippen LogP contribution in [0.1, 0.15) is 52.9 Å². The zero-order valence-electron chi connectivity index (χ0n) is 11.6. The van der Waals surface area contributed by atoms with E-state index in [1.165, 1.54) is 36.3 Å². The van der Waals surface area contributed by atoms with Gasteiger partial charge in [-0.3, -0.25) is 4.84 Å². The molecule has 1 aliphatic heterocycles. The summed E-state index contributed by atoms with van der Waals surface area (Å²) in [5.41, 5.74) is 0.979. The Bertz CT molecular complexity index is 335. The Hall–Kier alpha value is -1.03. The van der Waals surface area contributed by atoms with Gasteiger partial charge in [0.1, 0.15) is 5.60 Å². The van der Waals surface area contributed by atoms with E-state index in [-0.39, 0.29) is 12.1 Å². The highest BCUT2D eigenvalue weighted by atomic mass is 16.7. The van der Waals surface area contributed by atoms with Crippen molar-refractivity contribution >= 4 is 6.09 Å². The third-order valence-corrected chi connectivity index (χ3v) is 3.19. The highest BCUT2D eigenvalue weighted by Gasteiger charge is 2.33. The molecular formula is C14H23NO3. The van der Waals surface area contributed by atoms with E-state index in [4.69, 9.17) is 9.57 Å². The summed E-state index contributed by atoms with van der Waals surface area (Å²) in [5.74, 6) is 0. The van der Waals surface area contributed by atoms with Gasteiger partial charge in [0.05, 0.1) is 12.6 Å². The lowest BCUT2D eigenvalue weighted by atomic mass is 10.1. The number of nitrogens with zero attached hydrogens (tertiary/aromatic N) is 1. The zero-order valence-corrected chi connectivity index (χ0v) is 11.6. The predicted molar refractivity (Wildman–Crippen MR) is 69.0 cm³/mol. The van der Waals surface area contributed by atoms with Gasteiger partial charge >= 0.3 is 6.09 Å². The number of carbonyl (C=O) groups excluding carboxylic acids is 1. The van der Waals surface area contributed by atoms with Crippen LogP contribution in [0.2, 0.25) is 0 Å². The van der Waals surface area contributed by atoms with Crippen molar-refractivity contribution in [3.8, 4) is 0 Å². The van der Waals surface area contributed by atoms with Gasteiger partial charge in [-0.15, -0.1) is 0 Å². The molecule has 102 valence electrons. The molecule has 1 saturated carbocycles. The SMILES string of the molecule is CC(C)(C)OC(=O)N1OCC[C@H]1C=C1CCCC1.